The van der Waals surface area contributed by atoms with E-state index in [4.69, 9.17) is 16.0 Å². The fourth-order valence-electron chi connectivity index (χ4n) is 1.85. The molecule has 17 heavy (non-hydrogen) atoms. The van der Waals surface area contributed by atoms with Crippen molar-refractivity contribution in [2.75, 3.05) is 32.9 Å². The van der Waals surface area contributed by atoms with Crippen LogP contribution >= 0.6 is 36.4 Å². The SMILES string of the molecule is Cl.Cl.FC[C@@H](c1ccc(Cl)o1)N1CCNCC1. The molecular formula is C10H16Cl3FN2O. The minimum Gasteiger partial charge on any atom is -0.448 e. The van der Waals surface area contributed by atoms with Crippen LogP contribution in [0.15, 0.2) is 16.5 Å². The van der Waals surface area contributed by atoms with Crippen molar-refractivity contribution in [1.82, 2.24) is 10.2 Å². The first-order chi connectivity index (χ1) is 7.31. The summed E-state index contributed by atoms with van der Waals surface area (Å²) in [5.41, 5.74) is 0. The van der Waals surface area contributed by atoms with Crippen LogP contribution in [0.1, 0.15) is 11.8 Å². The van der Waals surface area contributed by atoms with Gasteiger partial charge in [-0.3, -0.25) is 4.90 Å². The van der Waals surface area contributed by atoms with Gasteiger partial charge in [0, 0.05) is 26.2 Å². The lowest BCUT2D eigenvalue weighted by atomic mass is 10.2. The predicted octanol–water partition coefficient (Wildman–Crippen LogP) is 2.69. The van der Waals surface area contributed by atoms with Gasteiger partial charge in [0.1, 0.15) is 12.4 Å². The van der Waals surface area contributed by atoms with Gasteiger partial charge in [-0.1, -0.05) is 0 Å². The second kappa shape index (κ2) is 8.16. The van der Waals surface area contributed by atoms with Gasteiger partial charge in [0.05, 0.1) is 6.04 Å². The van der Waals surface area contributed by atoms with Crippen LogP contribution in [0, 0.1) is 0 Å². The predicted molar refractivity (Wildman–Crippen MR) is 71.4 cm³/mol. The molecule has 1 N–H and O–H groups in total. The van der Waals surface area contributed by atoms with Crippen LogP contribution < -0.4 is 5.32 Å². The summed E-state index contributed by atoms with van der Waals surface area (Å²) in [5, 5.41) is 3.55. The average Bonchev–Trinajstić information content (AvgIpc) is 2.68. The highest BCUT2D eigenvalue weighted by Crippen LogP contribution is 2.25. The maximum absolute atomic E-state index is 13.0. The van der Waals surface area contributed by atoms with Crippen molar-refractivity contribution < 1.29 is 8.81 Å². The van der Waals surface area contributed by atoms with Gasteiger partial charge in [-0.05, 0) is 23.7 Å². The second-order valence-electron chi connectivity index (χ2n) is 3.60. The van der Waals surface area contributed by atoms with Crippen molar-refractivity contribution in [3.8, 4) is 0 Å². The maximum Gasteiger partial charge on any atom is 0.193 e. The summed E-state index contributed by atoms with van der Waals surface area (Å²) >= 11 is 5.68. The monoisotopic (exact) mass is 304 g/mol. The van der Waals surface area contributed by atoms with Crippen molar-refractivity contribution in [2.45, 2.75) is 6.04 Å². The van der Waals surface area contributed by atoms with Gasteiger partial charge in [-0.25, -0.2) is 4.39 Å². The van der Waals surface area contributed by atoms with Crippen molar-refractivity contribution in [3.63, 3.8) is 0 Å². The van der Waals surface area contributed by atoms with E-state index < -0.39 is 6.67 Å². The number of furan rings is 1. The Hall–Kier alpha value is -0.0000000000000000416. The van der Waals surface area contributed by atoms with Crippen LogP contribution in [0.4, 0.5) is 4.39 Å². The van der Waals surface area contributed by atoms with E-state index in [0.29, 0.717) is 11.0 Å². The largest absolute Gasteiger partial charge is 0.448 e. The molecule has 0 aliphatic carbocycles. The summed E-state index contributed by atoms with van der Waals surface area (Å²) in [5.74, 6) is 0.615. The van der Waals surface area contributed by atoms with Gasteiger partial charge in [0.2, 0.25) is 0 Å². The zero-order chi connectivity index (χ0) is 10.7. The number of piperazine rings is 1. The topological polar surface area (TPSA) is 28.4 Å². The van der Waals surface area contributed by atoms with Gasteiger partial charge in [-0.15, -0.1) is 24.8 Å². The van der Waals surface area contributed by atoms with Crippen LogP contribution in [0.2, 0.25) is 5.22 Å². The Balaban J connectivity index is 0.00000128. The first-order valence-electron chi connectivity index (χ1n) is 5.07. The molecule has 1 atom stereocenters. The van der Waals surface area contributed by atoms with Gasteiger partial charge in [0.15, 0.2) is 5.22 Å². The van der Waals surface area contributed by atoms with Gasteiger partial charge < -0.3 is 9.73 Å². The minimum atomic E-state index is -0.441. The zero-order valence-corrected chi connectivity index (χ0v) is 11.6. The van der Waals surface area contributed by atoms with E-state index in [0.717, 1.165) is 26.2 Å². The van der Waals surface area contributed by atoms with E-state index >= 15 is 0 Å². The molecule has 7 heteroatoms. The fraction of sp³-hybridized carbons (Fsp3) is 0.600. The number of rotatable bonds is 3. The summed E-state index contributed by atoms with van der Waals surface area (Å²) in [7, 11) is 0. The highest BCUT2D eigenvalue weighted by Gasteiger charge is 2.24. The zero-order valence-electron chi connectivity index (χ0n) is 9.20. The van der Waals surface area contributed by atoms with E-state index in [1.807, 2.05) is 0 Å². The molecule has 3 nitrogen and oxygen atoms in total. The third kappa shape index (κ3) is 4.30. The Morgan fingerprint density at radius 2 is 2.00 bits per heavy atom. The lowest BCUT2D eigenvalue weighted by Crippen LogP contribution is -2.45. The van der Waals surface area contributed by atoms with E-state index in [9.17, 15) is 4.39 Å². The summed E-state index contributed by atoms with van der Waals surface area (Å²) < 4.78 is 18.2. The lowest BCUT2D eigenvalue weighted by molar-refractivity contribution is 0.130. The Bertz CT molecular complexity index is 318. The Morgan fingerprint density at radius 3 is 2.47 bits per heavy atom. The number of nitrogens with zero attached hydrogens (tertiary/aromatic N) is 1. The van der Waals surface area contributed by atoms with Crippen LogP contribution in [-0.4, -0.2) is 37.8 Å². The molecule has 1 aromatic rings. The lowest BCUT2D eigenvalue weighted by Gasteiger charge is -2.32. The smallest absolute Gasteiger partial charge is 0.193 e. The van der Waals surface area contributed by atoms with E-state index in [1.165, 1.54) is 0 Å². The third-order valence-electron chi connectivity index (χ3n) is 2.66. The molecule has 0 unspecified atom stereocenters. The Morgan fingerprint density at radius 1 is 1.35 bits per heavy atom. The third-order valence-corrected chi connectivity index (χ3v) is 2.86. The fourth-order valence-corrected chi connectivity index (χ4v) is 2.01. The summed E-state index contributed by atoms with van der Waals surface area (Å²) in [6.07, 6.45) is 0. The molecule has 2 rings (SSSR count). The quantitative estimate of drug-likeness (QED) is 0.931. The molecule has 0 aromatic carbocycles. The van der Waals surface area contributed by atoms with Gasteiger partial charge >= 0.3 is 0 Å². The molecule has 0 saturated carbocycles. The minimum absolute atomic E-state index is 0. The van der Waals surface area contributed by atoms with E-state index in [2.05, 4.69) is 10.2 Å². The van der Waals surface area contributed by atoms with Crippen molar-refractivity contribution in [1.29, 1.82) is 0 Å². The summed E-state index contributed by atoms with van der Waals surface area (Å²) in [6.45, 7) is 3.03. The van der Waals surface area contributed by atoms with E-state index in [-0.39, 0.29) is 30.9 Å². The molecule has 0 bridgehead atoms. The van der Waals surface area contributed by atoms with E-state index in [1.54, 1.807) is 12.1 Å². The molecule has 1 fully saturated rings. The number of nitrogens with one attached hydrogen (secondary N) is 1. The highest BCUT2D eigenvalue weighted by molar-refractivity contribution is 6.28. The molecular weight excluding hydrogens is 289 g/mol. The first kappa shape index (κ1) is 17.0. The normalized spacial score (nSPS) is 18.0. The van der Waals surface area contributed by atoms with Crippen LogP contribution in [0.25, 0.3) is 0 Å². The Labute approximate surface area is 117 Å². The van der Waals surface area contributed by atoms with Gasteiger partial charge in [0.25, 0.3) is 0 Å². The second-order valence-corrected chi connectivity index (χ2v) is 3.97. The number of halogens is 4. The molecule has 1 aliphatic rings. The Kier molecular flexibility index (Phi) is 8.16. The molecule has 0 amide bonds. The maximum atomic E-state index is 13.0. The van der Waals surface area contributed by atoms with Crippen molar-refractivity contribution in [3.05, 3.63) is 23.1 Å². The molecule has 2 heterocycles. The standard InChI is InChI=1S/C10H14ClFN2O.2ClH/c11-10-2-1-9(15-10)8(7-12)14-5-3-13-4-6-14;;/h1-2,8,13H,3-7H2;2*1H/t8-;;/m0../s1. The summed E-state index contributed by atoms with van der Waals surface area (Å²) in [4.78, 5) is 2.08. The average molecular weight is 306 g/mol. The van der Waals surface area contributed by atoms with Crippen molar-refractivity contribution in [2.24, 2.45) is 0 Å². The van der Waals surface area contributed by atoms with Crippen LogP contribution in [0.3, 0.4) is 0 Å². The number of hydrogen-bond acceptors (Lipinski definition) is 3. The molecule has 1 aromatic heterocycles. The number of alkyl halides is 1. The first-order valence-corrected chi connectivity index (χ1v) is 5.45. The molecule has 100 valence electrons. The number of hydrogen-bond donors (Lipinski definition) is 1. The van der Waals surface area contributed by atoms with Crippen LogP contribution in [0.5, 0.6) is 0 Å². The molecule has 0 radical (unpaired) electrons. The molecule has 1 saturated heterocycles. The molecule has 1 aliphatic heterocycles. The highest BCUT2D eigenvalue weighted by atomic mass is 35.5. The summed E-state index contributed by atoms with van der Waals surface area (Å²) in [6, 6.07) is 3.11. The molecule has 0 spiro atoms. The van der Waals surface area contributed by atoms with Gasteiger partial charge in [-0.2, -0.15) is 0 Å². The van der Waals surface area contributed by atoms with Crippen molar-refractivity contribution >= 4 is 36.4 Å². The van der Waals surface area contributed by atoms with Crippen LogP contribution in [-0.2, 0) is 0 Å².